The number of anilines is 1. The molecule has 0 atom stereocenters. The number of aromatic nitrogens is 2. The third-order valence-electron chi connectivity index (χ3n) is 5.02. The van der Waals surface area contributed by atoms with Gasteiger partial charge in [0.1, 0.15) is 17.8 Å². The van der Waals surface area contributed by atoms with Gasteiger partial charge >= 0.3 is 0 Å². The van der Waals surface area contributed by atoms with E-state index < -0.39 is 4.92 Å². The van der Waals surface area contributed by atoms with E-state index in [1.54, 1.807) is 24.5 Å². The fraction of sp³-hybridized carbons (Fsp3) is 0.300. The Hall–Kier alpha value is -3.00. The Labute approximate surface area is 166 Å². The van der Waals surface area contributed by atoms with Crippen LogP contribution in [0.15, 0.2) is 48.0 Å². The molecule has 1 saturated heterocycles. The normalized spacial score (nSPS) is 14.8. The summed E-state index contributed by atoms with van der Waals surface area (Å²) in [6.07, 6.45) is 3.29. The first-order valence-electron chi connectivity index (χ1n) is 9.10. The van der Waals surface area contributed by atoms with Crippen LogP contribution in [0.2, 0.25) is 0 Å². The summed E-state index contributed by atoms with van der Waals surface area (Å²) in [6.45, 7) is 1.72. The Morgan fingerprint density at radius 1 is 1.21 bits per heavy atom. The first kappa shape index (κ1) is 18.4. The number of ether oxygens (including phenoxy) is 1. The molecule has 0 amide bonds. The molecule has 8 heteroatoms. The number of para-hydroxylation sites is 1. The van der Waals surface area contributed by atoms with Gasteiger partial charge in [0, 0.05) is 36.0 Å². The van der Waals surface area contributed by atoms with Crippen molar-refractivity contribution in [1.82, 2.24) is 9.97 Å². The van der Waals surface area contributed by atoms with Gasteiger partial charge in [-0.05, 0) is 31.0 Å². The Morgan fingerprint density at radius 2 is 2.00 bits per heavy atom. The molecule has 3 heterocycles. The van der Waals surface area contributed by atoms with E-state index in [0.717, 1.165) is 53.8 Å². The van der Waals surface area contributed by atoms with Gasteiger partial charge in [-0.1, -0.05) is 12.1 Å². The van der Waals surface area contributed by atoms with Crippen molar-refractivity contribution in [2.75, 3.05) is 25.1 Å². The lowest BCUT2D eigenvalue weighted by Gasteiger charge is -2.31. The van der Waals surface area contributed by atoms with Crippen molar-refractivity contribution in [3.8, 4) is 17.0 Å². The van der Waals surface area contributed by atoms with Crippen molar-refractivity contribution in [3.63, 3.8) is 0 Å². The third kappa shape index (κ3) is 3.68. The lowest BCUT2D eigenvalue weighted by Crippen LogP contribution is -2.33. The summed E-state index contributed by atoms with van der Waals surface area (Å²) in [4.78, 5) is 21.6. The van der Waals surface area contributed by atoms with E-state index in [-0.39, 0.29) is 5.69 Å². The zero-order chi connectivity index (χ0) is 19.5. The van der Waals surface area contributed by atoms with Crippen molar-refractivity contribution in [1.29, 1.82) is 0 Å². The number of pyridine rings is 1. The second-order valence-electron chi connectivity index (χ2n) is 6.66. The van der Waals surface area contributed by atoms with Crippen LogP contribution < -0.4 is 9.64 Å². The second-order valence-corrected chi connectivity index (χ2v) is 7.55. The SMILES string of the molecule is COc1ccccc1-c1csc(C2CCN(c3ccc([N+](=O)[O-])cn3)CC2)n1. The number of piperidine rings is 1. The number of rotatable bonds is 5. The van der Waals surface area contributed by atoms with Gasteiger partial charge in [-0.15, -0.1) is 11.3 Å². The smallest absolute Gasteiger partial charge is 0.287 e. The zero-order valence-corrected chi connectivity index (χ0v) is 16.3. The molecule has 1 aliphatic rings. The molecule has 0 spiro atoms. The quantitative estimate of drug-likeness (QED) is 0.466. The maximum absolute atomic E-state index is 10.8. The summed E-state index contributed by atoms with van der Waals surface area (Å²) < 4.78 is 5.45. The van der Waals surface area contributed by atoms with Gasteiger partial charge in [0.05, 0.1) is 22.7 Å². The number of hydrogen-bond acceptors (Lipinski definition) is 7. The summed E-state index contributed by atoms with van der Waals surface area (Å²) >= 11 is 1.70. The average molecular weight is 396 g/mol. The summed E-state index contributed by atoms with van der Waals surface area (Å²) in [5.41, 5.74) is 1.99. The molecule has 0 radical (unpaired) electrons. The first-order chi connectivity index (χ1) is 13.7. The molecule has 2 aromatic heterocycles. The second kappa shape index (κ2) is 7.93. The van der Waals surface area contributed by atoms with Gasteiger partial charge in [-0.25, -0.2) is 9.97 Å². The number of methoxy groups -OCH3 is 1. The number of thiazole rings is 1. The van der Waals surface area contributed by atoms with Gasteiger partial charge < -0.3 is 9.64 Å². The largest absolute Gasteiger partial charge is 0.496 e. The number of nitrogens with zero attached hydrogens (tertiary/aromatic N) is 4. The molecule has 0 bridgehead atoms. The van der Waals surface area contributed by atoms with E-state index in [9.17, 15) is 10.1 Å². The minimum absolute atomic E-state index is 0.0188. The monoisotopic (exact) mass is 396 g/mol. The van der Waals surface area contributed by atoms with E-state index in [1.807, 2.05) is 24.3 Å². The molecule has 0 aliphatic carbocycles. The van der Waals surface area contributed by atoms with Crippen LogP contribution in [0.25, 0.3) is 11.3 Å². The zero-order valence-electron chi connectivity index (χ0n) is 15.4. The topological polar surface area (TPSA) is 81.4 Å². The van der Waals surface area contributed by atoms with Crippen molar-refractivity contribution < 1.29 is 9.66 Å². The lowest BCUT2D eigenvalue weighted by molar-refractivity contribution is -0.385. The van der Waals surface area contributed by atoms with Crippen molar-refractivity contribution >= 4 is 22.8 Å². The van der Waals surface area contributed by atoms with E-state index in [0.29, 0.717) is 5.92 Å². The molecule has 3 aromatic rings. The molecule has 0 N–H and O–H groups in total. The van der Waals surface area contributed by atoms with Crippen LogP contribution in [0.4, 0.5) is 11.5 Å². The predicted octanol–water partition coefficient (Wildman–Crippen LogP) is 4.51. The average Bonchev–Trinajstić information content (AvgIpc) is 3.24. The van der Waals surface area contributed by atoms with Crippen LogP contribution in [0.5, 0.6) is 5.75 Å². The van der Waals surface area contributed by atoms with E-state index in [4.69, 9.17) is 9.72 Å². The van der Waals surface area contributed by atoms with Crippen LogP contribution in [0, 0.1) is 10.1 Å². The predicted molar refractivity (Wildman–Crippen MR) is 109 cm³/mol. The molecular formula is C20H20N4O3S. The molecule has 0 unspecified atom stereocenters. The third-order valence-corrected chi connectivity index (χ3v) is 6.02. The van der Waals surface area contributed by atoms with Crippen molar-refractivity contribution in [2.45, 2.75) is 18.8 Å². The summed E-state index contributed by atoms with van der Waals surface area (Å²) in [6, 6.07) is 11.2. The van der Waals surface area contributed by atoms with Crippen molar-refractivity contribution in [2.24, 2.45) is 0 Å². The van der Waals surface area contributed by atoms with E-state index in [2.05, 4.69) is 15.3 Å². The van der Waals surface area contributed by atoms with Gasteiger partial charge in [0.25, 0.3) is 5.69 Å². The highest BCUT2D eigenvalue weighted by Crippen LogP contribution is 2.36. The highest BCUT2D eigenvalue weighted by atomic mass is 32.1. The molecule has 144 valence electrons. The highest BCUT2D eigenvalue weighted by Gasteiger charge is 2.24. The van der Waals surface area contributed by atoms with Gasteiger partial charge in [0.2, 0.25) is 0 Å². The Morgan fingerprint density at radius 3 is 2.68 bits per heavy atom. The number of benzene rings is 1. The number of hydrogen-bond donors (Lipinski definition) is 0. The molecule has 1 fully saturated rings. The molecule has 7 nitrogen and oxygen atoms in total. The fourth-order valence-electron chi connectivity index (χ4n) is 3.48. The Bertz CT molecular complexity index is 966. The van der Waals surface area contributed by atoms with Crippen LogP contribution in [-0.4, -0.2) is 35.1 Å². The molecule has 1 aromatic carbocycles. The van der Waals surface area contributed by atoms with Gasteiger partial charge in [0.15, 0.2) is 0 Å². The molecule has 0 saturated carbocycles. The minimum atomic E-state index is -0.426. The number of nitro groups is 1. The Balaban J connectivity index is 1.43. The summed E-state index contributed by atoms with van der Waals surface area (Å²) in [5, 5.41) is 14.0. The molecular weight excluding hydrogens is 376 g/mol. The van der Waals surface area contributed by atoms with Crippen LogP contribution in [0.1, 0.15) is 23.8 Å². The summed E-state index contributed by atoms with van der Waals surface area (Å²) in [5.74, 6) is 2.04. The van der Waals surface area contributed by atoms with Crippen LogP contribution >= 0.6 is 11.3 Å². The van der Waals surface area contributed by atoms with Gasteiger partial charge in [-0.2, -0.15) is 0 Å². The molecule has 1 aliphatic heterocycles. The molecule has 28 heavy (non-hydrogen) atoms. The lowest BCUT2D eigenvalue weighted by atomic mass is 9.97. The standard InChI is InChI=1S/C20H20N4O3S/c1-27-18-5-3-2-4-16(18)17-13-28-20(22-17)14-8-10-23(11-9-14)19-7-6-15(12-21-19)24(25)26/h2-7,12-14H,8-11H2,1H3. The van der Waals surface area contributed by atoms with Crippen molar-refractivity contribution in [3.05, 3.63) is 63.1 Å². The summed E-state index contributed by atoms with van der Waals surface area (Å²) in [7, 11) is 1.67. The maximum Gasteiger partial charge on any atom is 0.287 e. The van der Waals surface area contributed by atoms with E-state index in [1.165, 1.54) is 12.3 Å². The molecule has 4 rings (SSSR count). The maximum atomic E-state index is 10.8. The van der Waals surface area contributed by atoms with Crippen LogP contribution in [0.3, 0.4) is 0 Å². The van der Waals surface area contributed by atoms with Gasteiger partial charge in [-0.3, -0.25) is 10.1 Å². The van der Waals surface area contributed by atoms with Crippen LogP contribution in [-0.2, 0) is 0 Å². The minimum Gasteiger partial charge on any atom is -0.496 e. The van der Waals surface area contributed by atoms with E-state index >= 15 is 0 Å². The Kier molecular flexibility index (Phi) is 5.21. The fourth-order valence-corrected chi connectivity index (χ4v) is 4.48. The highest BCUT2D eigenvalue weighted by molar-refractivity contribution is 7.10. The first-order valence-corrected chi connectivity index (χ1v) is 9.98.